The van der Waals surface area contributed by atoms with Crippen molar-refractivity contribution in [3.05, 3.63) is 70.8 Å². The summed E-state index contributed by atoms with van der Waals surface area (Å²) in [6.07, 6.45) is 3.41. The van der Waals surface area contributed by atoms with Crippen molar-refractivity contribution in [1.82, 2.24) is 0 Å². The number of aliphatic hydroxyl groups excluding tert-OH is 1. The number of carbonyl (C=O) groups excluding carboxylic acids is 4. The minimum absolute atomic E-state index is 0.111. The molecule has 2 aromatic rings. The SMILES string of the molecule is C=O.O=C(O)c1ccc(C(=O)OCC2CCC(COC(=O)c3ccc(C(=O)CO)cc3)CC2)cc1. The lowest BCUT2D eigenvalue weighted by Crippen LogP contribution is -2.24. The predicted octanol–water partition coefficient (Wildman–Crippen LogP) is 3.20. The monoisotopic (exact) mass is 484 g/mol. The molecule has 35 heavy (non-hydrogen) atoms. The highest BCUT2D eigenvalue weighted by molar-refractivity contribution is 5.98. The van der Waals surface area contributed by atoms with Crippen LogP contribution in [0.15, 0.2) is 48.5 Å². The molecule has 0 atom stereocenters. The van der Waals surface area contributed by atoms with Gasteiger partial charge in [0.1, 0.15) is 13.4 Å². The molecule has 1 aliphatic rings. The molecule has 0 unspecified atom stereocenters. The fourth-order valence-electron chi connectivity index (χ4n) is 3.75. The van der Waals surface area contributed by atoms with E-state index in [-0.39, 0.29) is 17.4 Å². The summed E-state index contributed by atoms with van der Waals surface area (Å²) in [4.78, 5) is 54.7. The maximum Gasteiger partial charge on any atom is 0.338 e. The van der Waals surface area contributed by atoms with Crippen LogP contribution in [0.5, 0.6) is 0 Å². The van der Waals surface area contributed by atoms with Gasteiger partial charge in [0.15, 0.2) is 5.78 Å². The van der Waals surface area contributed by atoms with E-state index in [0.29, 0.717) is 29.9 Å². The van der Waals surface area contributed by atoms with Gasteiger partial charge in [-0.15, -0.1) is 0 Å². The van der Waals surface area contributed by atoms with Crippen LogP contribution in [0.25, 0.3) is 0 Å². The third-order valence-electron chi connectivity index (χ3n) is 5.82. The number of ketones is 1. The van der Waals surface area contributed by atoms with Gasteiger partial charge in [0.05, 0.1) is 29.9 Å². The number of hydrogen-bond donors (Lipinski definition) is 2. The molecule has 0 radical (unpaired) electrons. The molecule has 9 nitrogen and oxygen atoms in total. The molecule has 0 spiro atoms. The first kappa shape index (κ1) is 27.4. The molecule has 1 aliphatic carbocycles. The Kier molecular flexibility index (Phi) is 10.8. The molecule has 1 fully saturated rings. The van der Waals surface area contributed by atoms with E-state index in [4.69, 9.17) is 24.5 Å². The molecule has 2 N–H and O–H groups in total. The van der Waals surface area contributed by atoms with Crippen LogP contribution in [-0.4, -0.2) is 60.5 Å². The lowest BCUT2D eigenvalue weighted by Gasteiger charge is -2.27. The van der Waals surface area contributed by atoms with Crippen LogP contribution < -0.4 is 0 Å². The third-order valence-corrected chi connectivity index (χ3v) is 5.82. The average molecular weight is 485 g/mol. The number of esters is 2. The van der Waals surface area contributed by atoms with Crippen molar-refractivity contribution in [3.63, 3.8) is 0 Å². The quantitative estimate of drug-likeness (QED) is 0.405. The van der Waals surface area contributed by atoms with Crippen LogP contribution >= 0.6 is 0 Å². The minimum atomic E-state index is -1.05. The standard InChI is InChI=1S/C25H26O8.CH2O/c26-13-22(27)18-5-9-20(10-6-18)24(30)32-14-16-1-3-17(4-2-16)15-33-25(31)21-11-7-19(8-12-21)23(28)29;1-2/h5-12,16-17,26H,1-4,13-15H2,(H,28,29);1H2. The van der Waals surface area contributed by atoms with Gasteiger partial charge in [-0.05, 0) is 73.9 Å². The van der Waals surface area contributed by atoms with Crippen LogP contribution in [0.4, 0.5) is 0 Å². The Hall–Kier alpha value is -3.85. The van der Waals surface area contributed by atoms with E-state index in [1.165, 1.54) is 48.5 Å². The molecule has 1 saturated carbocycles. The number of carbonyl (C=O) groups is 5. The normalized spacial score (nSPS) is 16.8. The molecule has 0 heterocycles. The van der Waals surface area contributed by atoms with Crippen LogP contribution in [0.3, 0.4) is 0 Å². The van der Waals surface area contributed by atoms with E-state index >= 15 is 0 Å². The summed E-state index contributed by atoms with van der Waals surface area (Å²) in [5.41, 5.74) is 1.11. The summed E-state index contributed by atoms with van der Waals surface area (Å²) in [6, 6.07) is 11.6. The fourth-order valence-corrected chi connectivity index (χ4v) is 3.75. The zero-order valence-electron chi connectivity index (χ0n) is 19.2. The second kappa shape index (κ2) is 13.8. The van der Waals surface area contributed by atoms with Gasteiger partial charge in [-0.1, -0.05) is 12.1 Å². The Morgan fingerprint density at radius 2 is 1.03 bits per heavy atom. The Morgan fingerprint density at radius 3 is 1.37 bits per heavy atom. The lowest BCUT2D eigenvalue weighted by molar-refractivity contribution is -0.0980. The molecule has 0 amide bonds. The predicted molar refractivity (Wildman–Crippen MR) is 124 cm³/mol. The summed E-state index contributed by atoms with van der Waals surface area (Å²) >= 11 is 0. The van der Waals surface area contributed by atoms with Crippen molar-refractivity contribution in [2.24, 2.45) is 11.8 Å². The van der Waals surface area contributed by atoms with Crippen LogP contribution in [0, 0.1) is 11.8 Å². The molecule has 0 saturated heterocycles. The van der Waals surface area contributed by atoms with E-state index < -0.39 is 30.3 Å². The van der Waals surface area contributed by atoms with Crippen molar-refractivity contribution in [3.8, 4) is 0 Å². The van der Waals surface area contributed by atoms with Gasteiger partial charge in [-0.2, -0.15) is 0 Å². The first-order valence-corrected chi connectivity index (χ1v) is 11.1. The van der Waals surface area contributed by atoms with Crippen molar-refractivity contribution in [2.45, 2.75) is 25.7 Å². The Balaban J connectivity index is 0.00000210. The molecular formula is C26H28O9. The zero-order chi connectivity index (χ0) is 25.8. The van der Waals surface area contributed by atoms with Gasteiger partial charge < -0.3 is 24.5 Å². The van der Waals surface area contributed by atoms with Crippen LogP contribution in [0.2, 0.25) is 0 Å². The van der Waals surface area contributed by atoms with Crippen molar-refractivity contribution < 1.29 is 43.7 Å². The topological polar surface area (TPSA) is 144 Å². The molecule has 186 valence electrons. The number of aliphatic hydroxyl groups is 1. The summed E-state index contributed by atoms with van der Waals surface area (Å²) in [5, 5.41) is 17.8. The van der Waals surface area contributed by atoms with Gasteiger partial charge in [0.2, 0.25) is 0 Å². The second-order valence-electron chi connectivity index (χ2n) is 8.12. The average Bonchev–Trinajstić information content (AvgIpc) is 2.91. The summed E-state index contributed by atoms with van der Waals surface area (Å²) in [5.74, 6) is -1.92. The fraction of sp³-hybridized carbons (Fsp3) is 0.346. The smallest absolute Gasteiger partial charge is 0.338 e. The first-order chi connectivity index (χ1) is 16.9. The molecule has 0 bridgehead atoms. The minimum Gasteiger partial charge on any atom is -0.478 e. The Bertz CT molecular complexity index is 1000. The number of Topliss-reactive ketones (excluding diaryl/α,β-unsaturated/α-hetero) is 1. The molecule has 2 aromatic carbocycles. The Morgan fingerprint density at radius 1 is 0.686 bits per heavy atom. The maximum atomic E-state index is 12.2. The van der Waals surface area contributed by atoms with Crippen LogP contribution in [-0.2, 0) is 14.3 Å². The van der Waals surface area contributed by atoms with Gasteiger partial charge in [0.25, 0.3) is 0 Å². The number of ether oxygens (including phenoxy) is 2. The number of benzene rings is 2. The maximum absolute atomic E-state index is 12.2. The zero-order valence-corrected chi connectivity index (χ0v) is 19.2. The molecule has 3 rings (SSSR count). The Labute approximate surface area is 202 Å². The van der Waals surface area contributed by atoms with Gasteiger partial charge in [-0.25, -0.2) is 14.4 Å². The van der Waals surface area contributed by atoms with Gasteiger partial charge >= 0.3 is 17.9 Å². The van der Waals surface area contributed by atoms with E-state index in [9.17, 15) is 19.2 Å². The molecule has 0 aliphatic heterocycles. The van der Waals surface area contributed by atoms with Crippen LogP contribution in [0.1, 0.15) is 67.1 Å². The third kappa shape index (κ3) is 8.15. The number of hydrogen-bond acceptors (Lipinski definition) is 8. The highest BCUT2D eigenvalue weighted by Crippen LogP contribution is 2.29. The van der Waals surface area contributed by atoms with E-state index in [1.54, 1.807) is 0 Å². The second-order valence-corrected chi connectivity index (χ2v) is 8.12. The number of carboxylic acid groups (broad SMARTS) is 1. The van der Waals surface area contributed by atoms with Gasteiger partial charge in [-0.3, -0.25) is 4.79 Å². The number of rotatable bonds is 9. The molecule has 9 heteroatoms. The van der Waals surface area contributed by atoms with Gasteiger partial charge in [0, 0.05) is 5.56 Å². The summed E-state index contributed by atoms with van der Waals surface area (Å²) in [7, 11) is 0. The summed E-state index contributed by atoms with van der Waals surface area (Å²) in [6.45, 7) is 2.02. The largest absolute Gasteiger partial charge is 0.478 e. The van der Waals surface area contributed by atoms with Crippen molar-refractivity contribution in [1.29, 1.82) is 0 Å². The number of carboxylic acids is 1. The van der Waals surface area contributed by atoms with E-state index in [1.807, 2.05) is 6.79 Å². The molecule has 0 aromatic heterocycles. The van der Waals surface area contributed by atoms with E-state index in [0.717, 1.165) is 25.7 Å². The summed E-state index contributed by atoms with van der Waals surface area (Å²) < 4.78 is 10.8. The molecular weight excluding hydrogens is 456 g/mol. The lowest BCUT2D eigenvalue weighted by atomic mass is 9.83. The van der Waals surface area contributed by atoms with Crippen molar-refractivity contribution in [2.75, 3.05) is 19.8 Å². The number of aromatic carboxylic acids is 1. The highest BCUT2D eigenvalue weighted by atomic mass is 16.5. The van der Waals surface area contributed by atoms with E-state index in [2.05, 4.69) is 0 Å². The highest BCUT2D eigenvalue weighted by Gasteiger charge is 2.24. The first-order valence-electron chi connectivity index (χ1n) is 11.1. The van der Waals surface area contributed by atoms with Crippen molar-refractivity contribution >= 4 is 30.5 Å².